The molecule has 0 amide bonds. The minimum atomic E-state index is -2.39. The molecule has 0 saturated carbocycles. The van der Waals surface area contributed by atoms with Gasteiger partial charge in [0.25, 0.3) is 0 Å². The molecule has 0 radical (unpaired) electrons. The number of benzene rings is 5. The monoisotopic (exact) mass is 634 g/mol. The largest absolute Gasteiger partial charge is 0.308 e. The van der Waals surface area contributed by atoms with Crippen LogP contribution in [-0.4, -0.2) is 24.4 Å². The van der Waals surface area contributed by atoms with E-state index in [2.05, 4.69) is 147 Å². The normalized spacial score (nSPS) is 20.0. The van der Waals surface area contributed by atoms with Crippen LogP contribution in [0.25, 0.3) is 22.3 Å². The highest BCUT2D eigenvalue weighted by Gasteiger charge is 2.45. The summed E-state index contributed by atoms with van der Waals surface area (Å²) in [5, 5.41) is 5.14. The Balaban J connectivity index is 1.64. The quantitative estimate of drug-likeness (QED) is 0.179. The second kappa shape index (κ2) is 10.7. The van der Waals surface area contributed by atoms with Crippen molar-refractivity contribution in [3.63, 3.8) is 0 Å². The lowest BCUT2D eigenvalue weighted by Crippen LogP contribution is -2.46. The molecule has 7 rings (SSSR count). The number of hydrogen-bond donors (Lipinski definition) is 0. The van der Waals surface area contributed by atoms with Gasteiger partial charge in [0, 0.05) is 40.3 Å². The van der Waals surface area contributed by atoms with Gasteiger partial charge in [-0.25, -0.2) is 0 Å². The summed E-state index contributed by atoms with van der Waals surface area (Å²) in [7, 11) is 0. The molecule has 0 saturated heterocycles. The first kappa shape index (κ1) is 28.9. The second-order valence-corrected chi connectivity index (χ2v) is 21.0. The van der Waals surface area contributed by atoms with Gasteiger partial charge in [0.2, 0.25) is 0 Å². The first-order chi connectivity index (χ1) is 20.7. The number of aryl methyl sites for hydroxylation is 2. The topological polar surface area (TPSA) is 6.48 Å². The van der Waals surface area contributed by atoms with Gasteiger partial charge in [0.1, 0.15) is 0 Å². The third kappa shape index (κ3) is 4.30. The zero-order valence-electron chi connectivity index (χ0n) is 25.3. The maximum Gasteiger partial charge on any atom is 0.0751 e. The maximum atomic E-state index is 7.05. The lowest BCUT2D eigenvalue weighted by atomic mass is 9.94. The van der Waals surface area contributed by atoms with Crippen LogP contribution in [-0.2, 0) is 23.6 Å². The number of fused-ring (bicyclic) bond motifs is 4. The average molecular weight is 635 g/mol. The molecule has 5 aromatic carbocycles. The van der Waals surface area contributed by atoms with Gasteiger partial charge < -0.3 is 4.90 Å². The van der Waals surface area contributed by atoms with Gasteiger partial charge >= 0.3 is 0 Å². The van der Waals surface area contributed by atoms with Gasteiger partial charge in [-0.05, 0) is 79.2 Å². The average Bonchev–Trinajstić information content (AvgIpc) is 3.02. The molecule has 2 unspecified atom stereocenters. The van der Waals surface area contributed by atoms with Crippen molar-refractivity contribution in [3.8, 4) is 22.3 Å². The minimum Gasteiger partial charge on any atom is -0.308 e. The van der Waals surface area contributed by atoms with Gasteiger partial charge in [-0.3, -0.25) is 4.67 Å². The van der Waals surface area contributed by atoms with Crippen molar-refractivity contribution in [2.45, 2.75) is 27.7 Å². The Bertz CT molecular complexity index is 2010. The molecule has 2 aliphatic heterocycles. The van der Waals surface area contributed by atoms with Crippen molar-refractivity contribution < 1.29 is 0 Å². The maximum absolute atomic E-state index is 7.05. The van der Waals surface area contributed by atoms with Crippen LogP contribution in [0.5, 0.6) is 0 Å². The van der Waals surface area contributed by atoms with Crippen LogP contribution in [0.1, 0.15) is 25.0 Å². The van der Waals surface area contributed by atoms with E-state index in [4.69, 9.17) is 23.6 Å². The van der Waals surface area contributed by atoms with Crippen molar-refractivity contribution in [2.75, 3.05) is 24.7 Å². The standard InChI is InChI=1S/C37H36N2P2S2/c1-6-38(7-2)41(43)34-22-26(4)18-20-32(34)39-31-19-17-25(3)21-33(31)40(5,42)35-23-28(24-36(41)37(35)39)30-16-12-11-15-29(30)27-13-9-8-10-14-27/h8-24H,6-7H2,1-5H3. The molecule has 0 aliphatic carbocycles. The summed E-state index contributed by atoms with van der Waals surface area (Å²) in [5.41, 5.74) is 11.0. The molecule has 0 N–H and O–H groups in total. The first-order valence-electron chi connectivity index (χ1n) is 15.0. The second-order valence-electron chi connectivity index (χ2n) is 11.7. The van der Waals surface area contributed by atoms with Gasteiger partial charge in [-0.2, -0.15) is 0 Å². The van der Waals surface area contributed by atoms with E-state index in [-0.39, 0.29) is 0 Å². The molecule has 0 bridgehead atoms. The molecule has 0 fully saturated rings. The molecule has 6 heteroatoms. The zero-order valence-corrected chi connectivity index (χ0v) is 28.8. The van der Waals surface area contributed by atoms with Crippen molar-refractivity contribution >= 4 is 74.1 Å². The molecule has 5 aromatic rings. The Labute approximate surface area is 266 Å². The highest BCUT2D eigenvalue weighted by molar-refractivity contribution is 8.22. The fourth-order valence-electron chi connectivity index (χ4n) is 6.94. The first-order valence-corrected chi connectivity index (χ1v) is 21.0. The summed E-state index contributed by atoms with van der Waals surface area (Å²) in [6.07, 6.45) is -2.39. The van der Waals surface area contributed by atoms with Crippen LogP contribution in [0.3, 0.4) is 0 Å². The van der Waals surface area contributed by atoms with E-state index in [1.807, 2.05) is 0 Å². The predicted molar refractivity (Wildman–Crippen MR) is 197 cm³/mol. The highest BCUT2D eigenvalue weighted by Crippen LogP contribution is 2.62. The Morgan fingerprint density at radius 3 is 1.77 bits per heavy atom. The molecule has 2 atom stereocenters. The summed E-state index contributed by atoms with van der Waals surface area (Å²) in [4.78, 5) is 2.50. The lowest BCUT2D eigenvalue weighted by molar-refractivity contribution is 0.513. The van der Waals surface area contributed by atoms with E-state index in [1.54, 1.807) is 0 Å². The Morgan fingerprint density at radius 2 is 1.14 bits per heavy atom. The van der Waals surface area contributed by atoms with Crippen molar-refractivity contribution in [2.24, 2.45) is 0 Å². The van der Waals surface area contributed by atoms with E-state index in [1.165, 1.54) is 71.7 Å². The predicted octanol–water partition coefficient (Wildman–Crippen LogP) is 8.48. The summed E-state index contributed by atoms with van der Waals surface area (Å²) in [6.45, 7) is 13.0. The van der Waals surface area contributed by atoms with Crippen molar-refractivity contribution in [1.29, 1.82) is 0 Å². The fraction of sp³-hybridized carbons (Fsp3) is 0.189. The summed E-state index contributed by atoms with van der Waals surface area (Å²) in [5.74, 6) is 0. The molecule has 2 nitrogen and oxygen atoms in total. The molecule has 0 spiro atoms. The molecule has 216 valence electrons. The zero-order chi connectivity index (χ0) is 30.1. The van der Waals surface area contributed by atoms with Crippen LogP contribution in [0.15, 0.2) is 103 Å². The molecule has 2 aliphatic rings. The number of nitrogens with zero attached hydrogens (tertiary/aromatic N) is 2. The van der Waals surface area contributed by atoms with Crippen LogP contribution >= 0.6 is 12.2 Å². The van der Waals surface area contributed by atoms with Crippen molar-refractivity contribution in [1.82, 2.24) is 4.67 Å². The third-order valence-electron chi connectivity index (χ3n) is 9.06. The van der Waals surface area contributed by atoms with E-state index < -0.39 is 12.2 Å². The SMILES string of the molecule is CCN(CC)P1(=S)c2cc(C)ccc2N2c3ccc(C)cc3P(C)(=S)c3cc(-c4ccccc4-c4ccccc4)cc1c32. The highest BCUT2D eigenvalue weighted by atomic mass is 32.4. The van der Waals surface area contributed by atoms with Crippen LogP contribution in [0.4, 0.5) is 17.1 Å². The smallest absolute Gasteiger partial charge is 0.0751 e. The summed E-state index contributed by atoms with van der Waals surface area (Å²) >= 11 is 13.8. The molecular formula is C37H36N2P2S2. The van der Waals surface area contributed by atoms with Gasteiger partial charge in [0.05, 0.1) is 23.3 Å². The molecule has 43 heavy (non-hydrogen) atoms. The van der Waals surface area contributed by atoms with Crippen molar-refractivity contribution in [3.05, 3.63) is 114 Å². The Kier molecular flexibility index (Phi) is 7.16. The Morgan fingerprint density at radius 1 is 0.605 bits per heavy atom. The molecule has 0 aromatic heterocycles. The van der Waals surface area contributed by atoms with E-state index in [0.29, 0.717) is 0 Å². The summed E-state index contributed by atoms with van der Waals surface area (Å²) < 4.78 is 2.56. The van der Waals surface area contributed by atoms with Gasteiger partial charge in [-0.15, -0.1) is 0 Å². The van der Waals surface area contributed by atoms with Crippen LogP contribution < -0.4 is 26.1 Å². The van der Waals surface area contributed by atoms with Gasteiger partial charge in [0.15, 0.2) is 0 Å². The number of anilines is 3. The molecular weight excluding hydrogens is 599 g/mol. The fourth-order valence-corrected chi connectivity index (χ4v) is 15.1. The van der Waals surface area contributed by atoms with Gasteiger partial charge in [-0.1, -0.05) is 115 Å². The van der Waals surface area contributed by atoms with Crippen LogP contribution in [0.2, 0.25) is 0 Å². The number of hydrogen-bond acceptors (Lipinski definition) is 3. The van der Waals surface area contributed by atoms with E-state index in [9.17, 15) is 0 Å². The lowest BCUT2D eigenvalue weighted by Gasteiger charge is -2.48. The minimum absolute atomic E-state index is 0.900. The summed E-state index contributed by atoms with van der Waals surface area (Å²) in [6, 6.07) is 36.0. The Hall–Kier alpha value is -2.84. The van der Waals surface area contributed by atoms with Crippen LogP contribution in [0, 0.1) is 13.8 Å². The van der Waals surface area contributed by atoms with E-state index in [0.717, 1.165) is 13.1 Å². The van der Waals surface area contributed by atoms with E-state index >= 15 is 0 Å². The number of rotatable bonds is 5. The third-order valence-corrected chi connectivity index (χ3v) is 18.0. The molecule has 2 heterocycles.